The largest absolute Gasteiger partial charge is 0.356 e. The van der Waals surface area contributed by atoms with Crippen molar-refractivity contribution in [1.29, 1.82) is 0 Å². The Morgan fingerprint density at radius 2 is 1.81 bits per heavy atom. The van der Waals surface area contributed by atoms with Gasteiger partial charge < -0.3 is 16.0 Å². The van der Waals surface area contributed by atoms with Crippen molar-refractivity contribution >= 4 is 11.9 Å². The Morgan fingerprint density at radius 3 is 2.41 bits per heavy atom. The minimum absolute atomic E-state index is 0.0401. The fourth-order valence-corrected chi connectivity index (χ4v) is 3.07. The summed E-state index contributed by atoms with van der Waals surface area (Å²) >= 11 is 0. The van der Waals surface area contributed by atoms with Gasteiger partial charge in [0.15, 0.2) is 5.96 Å². The van der Waals surface area contributed by atoms with Gasteiger partial charge in [0.2, 0.25) is 0 Å². The molecule has 0 aromatic heterocycles. The Hall–Kier alpha value is -2.08. The highest BCUT2D eigenvalue weighted by molar-refractivity contribution is 5.94. The number of carbonyl (C=O) groups excluding carboxylic acids is 1. The standard InChI is InChI=1S/C21H37N5O/c1-7-23-20(27)19-11-8-10-18(14-19)15-25-21(22-6)24-12-9-13-26(16(2)3)17(4)5/h8,10-11,14,16-17H,7,9,12-13,15H2,1-6H3,(H,23,27)(H2,22,24,25). The molecule has 1 amide bonds. The fourth-order valence-electron chi connectivity index (χ4n) is 3.07. The van der Waals surface area contributed by atoms with Gasteiger partial charge >= 0.3 is 0 Å². The first-order valence-corrected chi connectivity index (χ1v) is 9.96. The van der Waals surface area contributed by atoms with Crippen molar-refractivity contribution in [3.8, 4) is 0 Å². The Balaban J connectivity index is 2.44. The molecule has 0 spiro atoms. The molecule has 152 valence electrons. The smallest absolute Gasteiger partial charge is 0.251 e. The summed E-state index contributed by atoms with van der Waals surface area (Å²) in [5, 5.41) is 9.50. The number of carbonyl (C=O) groups is 1. The molecule has 0 fully saturated rings. The zero-order valence-electron chi connectivity index (χ0n) is 17.8. The van der Waals surface area contributed by atoms with Gasteiger partial charge in [0, 0.05) is 50.9 Å². The highest BCUT2D eigenvalue weighted by Crippen LogP contribution is 2.06. The lowest BCUT2D eigenvalue weighted by Crippen LogP contribution is -2.41. The van der Waals surface area contributed by atoms with Gasteiger partial charge in [-0.3, -0.25) is 14.7 Å². The third-order valence-corrected chi connectivity index (χ3v) is 4.42. The van der Waals surface area contributed by atoms with Crippen molar-refractivity contribution in [3.05, 3.63) is 35.4 Å². The van der Waals surface area contributed by atoms with Crippen LogP contribution in [-0.2, 0) is 6.54 Å². The van der Waals surface area contributed by atoms with Crippen LogP contribution in [0.1, 0.15) is 57.0 Å². The molecule has 0 aliphatic heterocycles. The predicted molar refractivity (Wildman–Crippen MR) is 114 cm³/mol. The minimum Gasteiger partial charge on any atom is -0.356 e. The van der Waals surface area contributed by atoms with E-state index in [2.05, 4.69) is 53.5 Å². The molecular weight excluding hydrogens is 338 g/mol. The molecule has 0 saturated carbocycles. The van der Waals surface area contributed by atoms with Crippen molar-refractivity contribution in [1.82, 2.24) is 20.9 Å². The number of hydrogen-bond donors (Lipinski definition) is 3. The molecule has 0 bridgehead atoms. The van der Waals surface area contributed by atoms with E-state index in [9.17, 15) is 4.79 Å². The van der Waals surface area contributed by atoms with Crippen molar-refractivity contribution < 1.29 is 4.79 Å². The number of nitrogens with one attached hydrogen (secondary N) is 3. The van der Waals surface area contributed by atoms with E-state index in [1.165, 1.54) is 0 Å². The Labute approximate surface area is 164 Å². The molecule has 1 aromatic carbocycles. The molecule has 3 N–H and O–H groups in total. The van der Waals surface area contributed by atoms with Gasteiger partial charge in [0.1, 0.15) is 0 Å². The molecule has 0 heterocycles. The lowest BCUT2D eigenvalue weighted by Gasteiger charge is -2.30. The number of rotatable bonds is 10. The van der Waals surface area contributed by atoms with E-state index in [0.717, 1.165) is 31.0 Å². The number of hydrogen-bond acceptors (Lipinski definition) is 3. The van der Waals surface area contributed by atoms with E-state index in [4.69, 9.17) is 0 Å². The highest BCUT2D eigenvalue weighted by atomic mass is 16.1. The Bertz CT molecular complexity index is 590. The van der Waals surface area contributed by atoms with Gasteiger partial charge in [-0.05, 0) is 58.7 Å². The summed E-state index contributed by atoms with van der Waals surface area (Å²) in [4.78, 5) is 18.7. The second-order valence-electron chi connectivity index (χ2n) is 7.19. The number of aliphatic imine (C=N–C) groups is 1. The number of nitrogens with zero attached hydrogens (tertiary/aromatic N) is 2. The van der Waals surface area contributed by atoms with Gasteiger partial charge in [-0.1, -0.05) is 12.1 Å². The minimum atomic E-state index is -0.0401. The molecule has 6 nitrogen and oxygen atoms in total. The van der Waals surface area contributed by atoms with Crippen LogP contribution in [0.2, 0.25) is 0 Å². The third-order valence-electron chi connectivity index (χ3n) is 4.42. The zero-order chi connectivity index (χ0) is 20.2. The van der Waals surface area contributed by atoms with Crippen molar-refractivity contribution in [3.63, 3.8) is 0 Å². The maximum atomic E-state index is 11.9. The number of guanidine groups is 1. The predicted octanol–water partition coefficient (Wildman–Crippen LogP) is 2.61. The quantitative estimate of drug-likeness (QED) is 0.334. The molecule has 0 atom stereocenters. The highest BCUT2D eigenvalue weighted by Gasteiger charge is 2.12. The normalized spacial score (nSPS) is 12.0. The second kappa shape index (κ2) is 12.3. The van der Waals surface area contributed by atoms with Crippen LogP contribution >= 0.6 is 0 Å². The van der Waals surface area contributed by atoms with Crippen LogP contribution < -0.4 is 16.0 Å². The summed E-state index contributed by atoms with van der Waals surface area (Å²) < 4.78 is 0. The van der Waals surface area contributed by atoms with Crippen LogP contribution in [-0.4, -0.2) is 55.5 Å². The molecule has 0 aliphatic carbocycles. The summed E-state index contributed by atoms with van der Waals surface area (Å²) in [5.41, 5.74) is 1.73. The maximum Gasteiger partial charge on any atom is 0.251 e. The molecule has 1 rings (SSSR count). The molecule has 27 heavy (non-hydrogen) atoms. The summed E-state index contributed by atoms with van der Waals surface area (Å²) in [6.07, 6.45) is 1.06. The van der Waals surface area contributed by atoms with Gasteiger partial charge in [0.05, 0.1) is 0 Å². The van der Waals surface area contributed by atoms with E-state index in [1.807, 2.05) is 31.2 Å². The summed E-state index contributed by atoms with van der Waals surface area (Å²) in [6, 6.07) is 8.76. The maximum absolute atomic E-state index is 11.9. The van der Waals surface area contributed by atoms with E-state index in [1.54, 1.807) is 7.05 Å². The molecule has 0 saturated heterocycles. The van der Waals surface area contributed by atoms with Crippen LogP contribution in [0.5, 0.6) is 0 Å². The van der Waals surface area contributed by atoms with Gasteiger partial charge in [-0.25, -0.2) is 0 Å². The fraction of sp³-hybridized carbons (Fsp3) is 0.619. The van der Waals surface area contributed by atoms with Crippen LogP contribution in [0.4, 0.5) is 0 Å². The molecule has 0 aliphatic rings. The van der Waals surface area contributed by atoms with Gasteiger partial charge in [-0.15, -0.1) is 0 Å². The molecule has 6 heteroatoms. The summed E-state index contributed by atoms with van der Waals surface area (Å²) in [6.45, 7) is 14.1. The second-order valence-corrected chi connectivity index (χ2v) is 7.19. The van der Waals surface area contributed by atoms with Crippen LogP contribution in [0.3, 0.4) is 0 Å². The van der Waals surface area contributed by atoms with E-state index >= 15 is 0 Å². The first-order valence-electron chi connectivity index (χ1n) is 9.96. The van der Waals surface area contributed by atoms with E-state index in [0.29, 0.717) is 30.7 Å². The van der Waals surface area contributed by atoms with Crippen LogP contribution in [0.25, 0.3) is 0 Å². The lowest BCUT2D eigenvalue weighted by atomic mass is 10.1. The first-order chi connectivity index (χ1) is 12.9. The summed E-state index contributed by atoms with van der Waals surface area (Å²) in [7, 11) is 1.77. The molecular formula is C21H37N5O. The SMILES string of the molecule is CCNC(=O)c1cccc(CNC(=NC)NCCCN(C(C)C)C(C)C)c1. The Kier molecular flexibility index (Phi) is 10.5. The first kappa shape index (κ1) is 23.0. The zero-order valence-corrected chi connectivity index (χ0v) is 17.8. The average molecular weight is 376 g/mol. The summed E-state index contributed by atoms with van der Waals surface area (Å²) in [5.74, 6) is 0.737. The molecule has 0 unspecified atom stereocenters. The van der Waals surface area contributed by atoms with Crippen molar-refractivity contribution in [2.75, 3.05) is 26.7 Å². The van der Waals surface area contributed by atoms with Crippen LogP contribution in [0, 0.1) is 0 Å². The van der Waals surface area contributed by atoms with Gasteiger partial charge in [0.25, 0.3) is 5.91 Å². The number of amides is 1. The lowest BCUT2D eigenvalue weighted by molar-refractivity contribution is 0.0955. The van der Waals surface area contributed by atoms with Gasteiger partial charge in [-0.2, -0.15) is 0 Å². The monoisotopic (exact) mass is 375 g/mol. The average Bonchev–Trinajstić information content (AvgIpc) is 2.63. The van der Waals surface area contributed by atoms with E-state index in [-0.39, 0.29) is 5.91 Å². The van der Waals surface area contributed by atoms with Crippen LogP contribution in [0.15, 0.2) is 29.3 Å². The van der Waals surface area contributed by atoms with Crippen molar-refractivity contribution in [2.45, 2.75) is 59.7 Å². The van der Waals surface area contributed by atoms with Crippen molar-refractivity contribution in [2.24, 2.45) is 4.99 Å². The molecule has 0 radical (unpaired) electrons. The van der Waals surface area contributed by atoms with E-state index < -0.39 is 0 Å². The number of benzene rings is 1. The topological polar surface area (TPSA) is 68.8 Å². The third kappa shape index (κ3) is 8.43. The Morgan fingerprint density at radius 1 is 1.11 bits per heavy atom. The molecule has 1 aromatic rings.